The number of rotatable bonds is 6. The summed E-state index contributed by atoms with van der Waals surface area (Å²) in [5.41, 5.74) is 1.98. The highest BCUT2D eigenvalue weighted by Gasteiger charge is 2.30. The van der Waals surface area contributed by atoms with Gasteiger partial charge in [-0.05, 0) is 44.0 Å². The van der Waals surface area contributed by atoms with Crippen LogP contribution in [0.5, 0.6) is 0 Å². The van der Waals surface area contributed by atoms with Gasteiger partial charge in [0.1, 0.15) is 18.0 Å². The Kier molecular flexibility index (Phi) is 7.62. The normalized spacial score (nSPS) is 15.5. The Morgan fingerprint density at radius 1 is 1.15 bits per heavy atom. The van der Waals surface area contributed by atoms with E-state index in [1.807, 2.05) is 25.7 Å². The van der Waals surface area contributed by atoms with E-state index in [0.717, 1.165) is 0 Å². The van der Waals surface area contributed by atoms with Crippen LogP contribution >= 0.6 is 11.6 Å². The van der Waals surface area contributed by atoms with Crippen molar-refractivity contribution in [2.24, 2.45) is 0 Å². The zero-order valence-corrected chi connectivity index (χ0v) is 23.3. The molecule has 206 valence electrons. The van der Waals surface area contributed by atoms with Gasteiger partial charge in [-0.15, -0.1) is 0 Å². The third-order valence-electron chi connectivity index (χ3n) is 7.18. The molecule has 1 aliphatic heterocycles. The number of anilines is 1. The summed E-state index contributed by atoms with van der Waals surface area (Å²) in [6.07, 6.45) is 3.87. The van der Waals surface area contributed by atoms with Crippen LogP contribution in [0.2, 0.25) is 5.02 Å². The van der Waals surface area contributed by atoms with Crippen LogP contribution in [-0.2, 0) is 17.6 Å². The zero-order valence-electron chi connectivity index (χ0n) is 22.6. The van der Waals surface area contributed by atoms with E-state index in [0.29, 0.717) is 60.8 Å². The van der Waals surface area contributed by atoms with Crippen molar-refractivity contribution < 1.29 is 9.18 Å². The van der Waals surface area contributed by atoms with Gasteiger partial charge in [-0.25, -0.2) is 28.7 Å². The van der Waals surface area contributed by atoms with Gasteiger partial charge in [-0.2, -0.15) is 4.98 Å². The van der Waals surface area contributed by atoms with Gasteiger partial charge in [-0.3, -0.25) is 4.79 Å². The fourth-order valence-electron chi connectivity index (χ4n) is 5.20. The molecule has 0 radical (unpaired) electrons. The molecular formula is C29H29ClFN7O2. The number of pyridine rings is 1. The quantitative estimate of drug-likeness (QED) is 0.322. The number of piperazine rings is 1. The highest BCUT2D eigenvalue weighted by Crippen LogP contribution is 2.35. The Labute approximate surface area is 236 Å². The summed E-state index contributed by atoms with van der Waals surface area (Å²) >= 11 is 6.74. The molecular weight excluding hydrogens is 533 g/mol. The Bertz CT molecular complexity index is 1670. The Morgan fingerprint density at radius 3 is 2.48 bits per heavy atom. The van der Waals surface area contributed by atoms with Crippen LogP contribution in [0.25, 0.3) is 28.0 Å². The van der Waals surface area contributed by atoms with Gasteiger partial charge in [0.2, 0.25) is 5.91 Å². The molecule has 1 fully saturated rings. The molecule has 0 bridgehead atoms. The first-order chi connectivity index (χ1) is 19.3. The van der Waals surface area contributed by atoms with Crippen LogP contribution in [0.15, 0.2) is 54.1 Å². The van der Waals surface area contributed by atoms with E-state index in [9.17, 15) is 14.0 Å². The number of aromatic nitrogens is 5. The van der Waals surface area contributed by atoms with Gasteiger partial charge in [0, 0.05) is 31.2 Å². The Hall–Kier alpha value is -4.18. The highest BCUT2D eigenvalue weighted by atomic mass is 35.5. The number of aryl methyl sites for hydroxylation is 2. The summed E-state index contributed by atoms with van der Waals surface area (Å²) in [5, 5.41) is 0.739. The molecule has 40 heavy (non-hydrogen) atoms. The molecule has 1 aromatic carbocycles. The van der Waals surface area contributed by atoms with E-state index in [-0.39, 0.29) is 33.9 Å². The summed E-state index contributed by atoms with van der Waals surface area (Å²) in [5.74, 6) is -0.235. The van der Waals surface area contributed by atoms with Crippen molar-refractivity contribution in [2.75, 3.05) is 24.5 Å². The molecule has 1 amide bonds. The maximum Gasteiger partial charge on any atom is 0.355 e. The Morgan fingerprint density at radius 2 is 1.85 bits per heavy atom. The third-order valence-corrected chi connectivity index (χ3v) is 7.47. The molecule has 11 heteroatoms. The summed E-state index contributed by atoms with van der Waals surface area (Å²) in [6, 6.07) is 7.74. The lowest BCUT2D eigenvalue weighted by Gasteiger charge is -2.40. The molecule has 0 N–H and O–H groups in total. The van der Waals surface area contributed by atoms with Gasteiger partial charge in [0.15, 0.2) is 5.65 Å². The van der Waals surface area contributed by atoms with Gasteiger partial charge >= 0.3 is 5.69 Å². The maximum atomic E-state index is 14.9. The fraction of sp³-hybridized carbons (Fsp3) is 0.310. The van der Waals surface area contributed by atoms with Crippen molar-refractivity contribution in [1.82, 2.24) is 29.4 Å². The lowest BCUT2D eigenvalue weighted by atomic mass is 10.1. The third kappa shape index (κ3) is 4.72. The number of fused-ring (bicyclic) bond motifs is 1. The summed E-state index contributed by atoms with van der Waals surface area (Å²) < 4.78 is 16.3. The molecule has 0 unspecified atom stereocenters. The minimum absolute atomic E-state index is 0.151. The molecule has 0 spiro atoms. The van der Waals surface area contributed by atoms with Crippen molar-refractivity contribution >= 4 is 34.4 Å². The van der Waals surface area contributed by atoms with E-state index >= 15 is 0 Å². The SMILES string of the molecule is C=CC(=O)N1CCN(c2nc(=O)n(-c3c(CC)ncnc3CC)c3nc(-c4ccccc4F)c(Cl)cc23)[C@@H](C)C1. The molecule has 0 saturated carbocycles. The summed E-state index contributed by atoms with van der Waals surface area (Å²) in [4.78, 5) is 48.0. The summed E-state index contributed by atoms with van der Waals surface area (Å²) in [7, 11) is 0. The Balaban J connectivity index is 1.81. The molecule has 4 heterocycles. The van der Waals surface area contributed by atoms with Crippen LogP contribution in [-0.4, -0.2) is 61.0 Å². The van der Waals surface area contributed by atoms with Crippen LogP contribution in [0.1, 0.15) is 32.2 Å². The number of hydrogen-bond acceptors (Lipinski definition) is 7. The first kappa shape index (κ1) is 27.4. The predicted molar refractivity (Wildman–Crippen MR) is 153 cm³/mol. The van der Waals surface area contributed by atoms with Crippen LogP contribution in [0.3, 0.4) is 0 Å². The van der Waals surface area contributed by atoms with E-state index in [4.69, 9.17) is 16.6 Å². The van der Waals surface area contributed by atoms with Crippen molar-refractivity contribution in [2.45, 2.75) is 39.7 Å². The van der Waals surface area contributed by atoms with E-state index < -0.39 is 11.5 Å². The predicted octanol–water partition coefficient (Wildman–Crippen LogP) is 4.38. The molecule has 1 saturated heterocycles. The first-order valence-corrected chi connectivity index (χ1v) is 13.6. The lowest BCUT2D eigenvalue weighted by molar-refractivity contribution is -0.126. The molecule has 5 rings (SSSR count). The average Bonchev–Trinajstić information content (AvgIpc) is 2.96. The molecule has 1 aliphatic rings. The van der Waals surface area contributed by atoms with Crippen LogP contribution < -0.4 is 10.6 Å². The minimum Gasteiger partial charge on any atom is -0.350 e. The van der Waals surface area contributed by atoms with E-state index in [1.165, 1.54) is 23.0 Å². The van der Waals surface area contributed by atoms with Crippen molar-refractivity contribution in [3.8, 4) is 16.9 Å². The second kappa shape index (κ2) is 11.1. The number of halogens is 2. The number of nitrogens with zero attached hydrogens (tertiary/aromatic N) is 7. The average molecular weight is 562 g/mol. The minimum atomic E-state index is -0.562. The second-order valence-corrected chi connectivity index (χ2v) is 9.98. The second-order valence-electron chi connectivity index (χ2n) is 9.58. The van der Waals surface area contributed by atoms with E-state index in [2.05, 4.69) is 21.5 Å². The van der Waals surface area contributed by atoms with Gasteiger partial charge in [0.25, 0.3) is 0 Å². The molecule has 0 aliphatic carbocycles. The summed E-state index contributed by atoms with van der Waals surface area (Å²) in [6.45, 7) is 10.7. The van der Waals surface area contributed by atoms with Crippen molar-refractivity contribution in [3.63, 3.8) is 0 Å². The maximum absolute atomic E-state index is 14.9. The standard InChI is InChI=1S/C29H29ClFN7O2/c1-5-22-26(23(6-2)33-16-32-22)38-28-19(14-20(30)25(34-28)18-10-8-9-11-21(18)31)27(35-29(38)40)37-13-12-36(15-17(37)4)24(39)7-3/h7-11,14,16-17H,3,5-6,12-13,15H2,1-2,4H3/t17-/m0/s1. The monoisotopic (exact) mass is 561 g/mol. The van der Waals surface area contributed by atoms with Crippen LogP contribution in [0, 0.1) is 5.82 Å². The van der Waals surface area contributed by atoms with Gasteiger partial charge < -0.3 is 9.80 Å². The van der Waals surface area contributed by atoms with E-state index in [1.54, 1.807) is 29.2 Å². The van der Waals surface area contributed by atoms with Gasteiger partial charge in [0.05, 0.1) is 33.2 Å². The fourth-order valence-corrected chi connectivity index (χ4v) is 5.46. The van der Waals surface area contributed by atoms with Gasteiger partial charge in [-0.1, -0.05) is 44.2 Å². The number of carbonyl (C=O) groups excluding carboxylic acids is 1. The van der Waals surface area contributed by atoms with Crippen molar-refractivity contribution in [1.29, 1.82) is 0 Å². The van der Waals surface area contributed by atoms with Crippen molar-refractivity contribution in [3.05, 3.63) is 82.0 Å². The number of hydrogen-bond donors (Lipinski definition) is 0. The number of carbonyl (C=O) groups is 1. The molecule has 1 atom stereocenters. The zero-order chi connectivity index (χ0) is 28.6. The smallest absolute Gasteiger partial charge is 0.350 e. The molecule has 4 aromatic rings. The number of benzene rings is 1. The molecule has 3 aromatic heterocycles. The molecule has 9 nitrogen and oxygen atoms in total. The number of amides is 1. The largest absolute Gasteiger partial charge is 0.355 e. The highest BCUT2D eigenvalue weighted by molar-refractivity contribution is 6.33. The topological polar surface area (TPSA) is 97.1 Å². The van der Waals surface area contributed by atoms with Crippen LogP contribution in [0.4, 0.5) is 10.2 Å². The first-order valence-electron chi connectivity index (χ1n) is 13.2. The lowest BCUT2D eigenvalue weighted by Crippen LogP contribution is -2.54.